The van der Waals surface area contributed by atoms with E-state index in [1.807, 2.05) is 18.2 Å². The quantitative estimate of drug-likeness (QED) is 0.699. The fourth-order valence-electron chi connectivity index (χ4n) is 2.27. The van der Waals surface area contributed by atoms with Gasteiger partial charge in [0, 0.05) is 6.61 Å². The average Bonchev–Trinajstić information content (AvgIpc) is 2.30. The Morgan fingerprint density at radius 1 is 1.40 bits per heavy atom. The summed E-state index contributed by atoms with van der Waals surface area (Å²) in [6, 6.07) is 10.6. The van der Waals surface area contributed by atoms with Crippen LogP contribution in [0.2, 0.25) is 0 Å². The number of rotatable bonds is 1. The number of hydrogen-bond acceptors (Lipinski definition) is 2. The molecule has 1 fully saturated rings. The molecular weight excluding hydrogens is 186 g/mol. The molecule has 0 bridgehead atoms. The molecule has 78 valence electrons. The van der Waals surface area contributed by atoms with Gasteiger partial charge in [-0.15, -0.1) is 0 Å². The number of aryl methyl sites for hydroxylation is 1. The van der Waals surface area contributed by atoms with Crippen molar-refractivity contribution in [2.75, 3.05) is 13.2 Å². The zero-order valence-corrected chi connectivity index (χ0v) is 8.99. The molecular formula is C13H15NO. The largest absolute Gasteiger partial charge is 0.379 e. The van der Waals surface area contributed by atoms with Crippen LogP contribution in [-0.4, -0.2) is 13.2 Å². The molecule has 2 heteroatoms. The molecule has 1 saturated heterocycles. The summed E-state index contributed by atoms with van der Waals surface area (Å²) in [6.07, 6.45) is 1.89. The van der Waals surface area contributed by atoms with Crippen molar-refractivity contribution < 1.29 is 4.74 Å². The summed E-state index contributed by atoms with van der Waals surface area (Å²) in [5, 5.41) is 9.39. The molecule has 0 aliphatic carbocycles. The molecule has 1 aromatic rings. The molecule has 15 heavy (non-hydrogen) atoms. The first-order chi connectivity index (χ1) is 7.28. The van der Waals surface area contributed by atoms with Crippen LogP contribution < -0.4 is 0 Å². The van der Waals surface area contributed by atoms with Gasteiger partial charge < -0.3 is 4.74 Å². The van der Waals surface area contributed by atoms with Gasteiger partial charge in [0.25, 0.3) is 0 Å². The zero-order valence-electron chi connectivity index (χ0n) is 8.99. The van der Waals surface area contributed by atoms with E-state index in [1.165, 1.54) is 5.56 Å². The van der Waals surface area contributed by atoms with Crippen molar-refractivity contribution in [1.29, 1.82) is 5.26 Å². The lowest BCUT2D eigenvalue weighted by molar-refractivity contribution is 0.0561. The Kier molecular flexibility index (Phi) is 2.75. The number of benzene rings is 1. The van der Waals surface area contributed by atoms with Crippen LogP contribution in [0.1, 0.15) is 24.0 Å². The van der Waals surface area contributed by atoms with E-state index in [0.29, 0.717) is 6.61 Å². The Morgan fingerprint density at radius 3 is 2.80 bits per heavy atom. The molecule has 0 saturated carbocycles. The van der Waals surface area contributed by atoms with Gasteiger partial charge in [0.1, 0.15) is 5.41 Å². The van der Waals surface area contributed by atoms with Crippen LogP contribution in [-0.2, 0) is 10.2 Å². The maximum Gasteiger partial charge on any atom is 0.106 e. The molecule has 0 amide bonds. The second-order valence-corrected chi connectivity index (χ2v) is 4.16. The monoisotopic (exact) mass is 201 g/mol. The molecule has 0 aromatic heterocycles. The van der Waals surface area contributed by atoms with E-state index in [0.717, 1.165) is 25.0 Å². The van der Waals surface area contributed by atoms with Crippen molar-refractivity contribution in [3.05, 3.63) is 35.4 Å². The van der Waals surface area contributed by atoms with Crippen molar-refractivity contribution in [3.63, 3.8) is 0 Å². The van der Waals surface area contributed by atoms with Crippen LogP contribution in [0.3, 0.4) is 0 Å². The first kappa shape index (κ1) is 10.2. The van der Waals surface area contributed by atoms with E-state index < -0.39 is 5.41 Å². The number of nitrogens with zero attached hydrogens (tertiary/aromatic N) is 1. The maximum absolute atomic E-state index is 9.39. The lowest BCUT2D eigenvalue weighted by Gasteiger charge is -2.32. The van der Waals surface area contributed by atoms with Crippen LogP contribution in [0.25, 0.3) is 0 Å². The number of nitriles is 1. The lowest BCUT2D eigenvalue weighted by Crippen LogP contribution is -2.35. The van der Waals surface area contributed by atoms with Gasteiger partial charge in [-0.25, -0.2) is 0 Å². The van der Waals surface area contributed by atoms with Crippen molar-refractivity contribution in [2.24, 2.45) is 0 Å². The summed E-state index contributed by atoms with van der Waals surface area (Å²) in [4.78, 5) is 0. The fourth-order valence-corrected chi connectivity index (χ4v) is 2.27. The molecule has 1 aliphatic heterocycles. The SMILES string of the molecule is Cc1ccccc1C1(C#N)CCCOC1. The lowest BCUT2D eigenvalue weighted by atomic mass is 9.76. The molecule has 2 nitrogen and oxygen atoms in total. The van der Waals surface area contributed by atoms with E-state index >= 15 is 0 Å². The van der Waals surface area contributed by atoms with E-state index in [4.69, 9.17) is 4.74 Å². The van der Waals surface area contributed by atoms with E-state index in [1.54, 1.807) is 0 Å². The molecule has 1 unspecified atom stereocenters. The van der Waals surface area contributed by atoms with Crippen LogP contribution in [0, 0.1) is 18.3 Å². The molecule has 0 spiro atoms. The summed E-state index contributed by atoms with van der Waals surface area (Å²) in [5.74, 6) is 0. The number of hydrogen-bond donors (Lipinski definition) is 0. The van der Waals surface area contributed by atoms with Crippen LogP contribution in [0.5, 0.6) is 0 Å². The topological polar surface area (TPSA) is 33.0 Å². The summed E-state index contributed by atoms with van der Waals surface area (Å²) in [6.45, 7) is 3.38. The van der Waals surface area contributed by atoms with Gasteiger partial charge in [0.15, 0.2) is 0 Å². The Balaban J connectivity index is 2.42. The van der Waals surface area contributed by atoms with E-state index in [9.17, 15) is 5.26 Å². The smallest absolute Gasteiger partial charge is 0.106 e. The van der Waals surface area contributed by atoms with Crippen LogP contribution in [0.4, 0.5) is 0 Å². The van der Waals surface area contributed by atoms with Gasteiger partial charge in [-0.1, -0.05) is 24.3 Å². The van der Waals surface area contributed by atoms with Crippen molar-refractivity contribution >= 4 is 0 Å². The van der Waals surface area contributed by atoms with Gasteiger partial charge in [-0.05, 0) is 30.9 Å². The highest BCUT2D eigenvalue weighted by atomic mass is 16.5. The third-order valence-electron chi connectivity index (χ3n) is 3.12. The average molecular weight is 201 g/mol. The predicted molar refractivity (Wildman–Crippen MR) is 58.5 cm³/mol. The first-order valence-corrected chi connectivity index (χ1v) is 5.34. The van der Waals surface area contributed by atoms with E-state index in [2.05, 4.69) is 19.1 Å². The maximum atomic E-state index is 9.39. The Morgan fingerprint density at radius 2 is 2.20 bits per heavy atom. The highest BCUT2D eigenvalue weighted by Gasteiger charge is 2.35. The summed E-state index contributed by atoms with van der Waals surface area (Å²) in [7, 11) is 0. The van der Waals surface area contributed by atoms with Crippen molar-refractivity contribution in [1.82, 2.24) is 0 Å². The minimum Gasteiger partial charge on any atom is -0.379 e. The second-order valence-electron chi connectivity index (χ2n) is 4.16. The molecule has 1 heterocycles. The van der Waals surface area contributed by atoms with Crippen LogP contribution in [0.15, 0.2) is 24.3 Å². The van der Waals surface area contributed by atoms with Crippen LogP contribution >= 0.6 is 0 Å². The third kappa shape index (κ3) is 1.75. The summed E-state index contributed by atoms with van der Waals surface area (Å²) in [5.41, 5.74) is 1.90. The van der Waals surface area contributed by atoms with Gasteiger partial charge in [-0.2, -0.15) is 5.26 Å². The summed E-state index contributed by atoms with van der Waals surface area (Å²) < 4.78 is 5.46. The van der Waals surface area contributed by atoms with E-state index in [-0.39, 0.29) is 0 Å². The predicted octanol–water partition coefficient (Wildman–Crippen LogP) is 2.57. The highest BCUT2D eigenvalue weighted by Crippen LogP contribution is 2.34. The molecule has 0 N–H and O–H groups in total. The van der Waals surface area contributed by atoms with Gasteiger partial charge in [0.2, 0.25) is 0 Å². The first-order valence-electron chi connectivity index (χ1n) is 5.34. The standard InChI is InChI=1S/C13H15NO/c1-11-5-2-3-6-12(11)13(9-14)7-4-8-15-10-13/h2-3,5-6H,4,7-8,10H2,1H3. The minimum atomic E-state index is -0.413. The van der Waals surface area contributed by atoms with Gasteiger partial charge in [0.05, 0.1) is 12.7 Å². The Bertz CT molecular complexity index is 386. The Labute approximate surface area is 90.5 Å². The van der Waals surface area contributed by atoms with Crippen molar-refractivity contribution in [2.45, 2.75) is 25.2 Å². The fraction of sp³-hybridized carbons (Fsp3) is 0.462. The normalized spacial score (nSPS) is 25.9. The molecule has 2 rings (SSSR count). The van der Waals surface area contributed by atoms with Crippen molar-refractivity contribution in [3.8, 4) is 6.07 Å². The van der Waals surface area contributed by atoms with Gasteiger partial charge >= 0.3 is 0 Å². The second kappa shape index (κ2) is 4.04. The highest BCUT2D eigenvalue weighted by molar-refractivity contribution is 5.39. The number of ether oxygens (including phenoxy) is 1. The minimum absolute atomic E-state index is 0.413. The zero-order chi connectivity index (χ0) is 10.7. The molecule has 1 aliphatic rings. The molecule has 0 radical (unpaired) electrons. The Hall–Kier alpha value is -1.33. The van der Waals surface area contributed by atoms with Gasteiger partial charge in [-0.3, -0.25) is 0 Å². The third-order valence-corrected chi connectivity index (χ3v) is 3.12. The summed E-state index contributed by atoms with van der Waals surface area (Å²) >= 11 is 0. The molecule has 1 aromatic carbocycles. The molecule has 1 atom stereocenters.